The molecule has 3 aromatic rings. The summed E-state index contributed by atoms with van der Waals surface area (Å²) in [5, 5.41) is 0. The monoisotopic (exact) mass is 299 g/mol. The van der Waals surface area contributed by atoms with Crippen molar-refractivity contribution < 1.29 is 4.39 Å². The van der Waals surface area contributed by atoms with Crippen molar-refractivity contribution >= 4 is 28.2 Å². The quantitative estimate of drug-likeness (QED) is 0.756. The molecule has 0 saturated carbocycles. The van der Waals surface area contributed by atoms with Crippen LogP contribution in [0.2, 0.25) is 0 Å². The predicted octanol–water partition coefficient (Wildman–Crippen LogP) is 3.17. The number of benzene rings is 2. The second kappa shape index (κ2) is 5.26. The van der Waals surface area contributed by atoms with Gasteiger partial charge in [-0.15, -0.1) is 0 Å². The third-order valence-corrected chi connectivity index (χ3v) is 3.73. The highest BCUT2D eigenvalue weighted by Gasteiger charge is 2.11. The molecule has 3 rings (SSSR count). The molecule has 0 fully saturated rings. The fraction of sp³-hybridized carbons (Fsp3) is 0.125. The highest BCUT2D eigenvalue weighted by atomic mass is 32.1. The van der Waals surface area contributed by atoms with Gasteiger partial charge < -0.3 is 10.3 Å². The van der Waals surface area contributed by atoms with Gasteiger partial charge in [-0.25, -0.2) is 9.37 Å². The second-order valence-corrected chi connectivity index (χ2v) is 5.34. The average molecular weight is 299 g/mol. The number of nitrogens with two attached hydrogens (primary N) is 1. The molecule has 2 aromatic carbocycles. The maximum Gasteiger partial charge on any atom is 0.123 e. The Balaban J connectivity index is 2.13. The minimum absolute atomic E-state index is 0.270. The van der Waals surface area contributed by atoms with Gasteiger partial charge in [-0.1, -0.05) is 24.4 Å². The van der Waals surface area contributed by atoms with Gasteiger partial charge in [-0.05, 0) is 42.8 Å². The zero-order chi connectivity index (χ0) is 15.0. The molecule has 0 radical (unpaired) electrons. The Morgan fingerprint density at radius 3 is 2.81 bits per heavy atom. The summed E-state index contributed by atoms with van der Waals surface area (Å²) in [7, 11) is 0. The molecule has 21 heavy (non-hydrogen) atoms. The minimum atomic E-state index is -0.299. The van der Waals surface area contributed by atoms with Crippen molar-refractivity contribution in [1.29, 1.82) is 0 Å². The zero-order valence-corrected chi connectivity index (χ0v) is 12.3. The smallest absolute Gasteiger partial charge is 0.123 e. The molecule has 106 valence electrons. The summed E-state index contributed by atoms with van der Waals surface area (Å²) in [6.45, 7) is 2.41. The maximum atomic E-state index is 13.5. The number of halogens is 1. The highest BCUT2D eigenvalue weighted by Crippen LogP contribution is 2.20. The first-order valence-electron chi connectivity index (χ1n) is 6.56. The molecule has 3 nitrogen and oxygen atoms in total. The number of rotatable bonds is 3. The Hall–Kier alpha value is -2.27. The summed E-state index contributed by atoms with van der Waals surface area (Å²) in [5.41, 5.74) is 9.11. The van der Waals surface area contributed by atoms with Crippen LogP contribution in [0.15, 0.2) is 42.5 Å². The number of aromatic nitrogens is 2. The largest absolute Gasteiger partial charge is 0.389 e. The van der Waals surface area contributed by atoms with Crippen molar-refractivity contribution in [2.24, 2.45) is 5.73 Å². The van der Waals surface area contributed by atoms with Crippen LogP contribution in [0.4, 0.5) is 4.39 Å². The SMILES string of the molecule is Cc1nc2ccccc2n1Cc1cc(F)ccc1C(N)=S. The second-order valence-electron chi connectivity index (χ2n) is 4.90. The first kappa shape index (κ1) is 13.7. The van der Waals surface area contributed by atoms with Crippen LogP contribution in [-0.4, -0.2) is 14.5 Å². The molecular weight excluding hydrogens is 285 g/mol. The van der Waals surface area contributed by atoms with Gasteiger partial charge in [0.15, 0.2) is 0 Å². The predicted molar refractivity (Wildman–Crippen MR) is 85.9 cm³/mol. The van der Waals surface area contributed by atoms with Crippen LogP contribution in [0.5, 0.6) is 0 Å². The Morgan fingerprint density at radius 1 is 1.29 bits per heavy atom. The van der Waals surface area contributed by atoms with E-state index >= 15 is 0 Å². The lowest BCUT2D eigenvalue weighted by Gasteiger charge is -2.11. The highest BCUT2D eigenvalue weighted by molar-refractivity contribution is 7.80. The van der Waals surface area contributed by atoms with Gasteiger partial charge in [0.2, 0.25) is 0 Å². The summed E-state index contributed by atoms with van der Waals surface area (Å²) >= 11 is 5.05. The fourth-order valence-corrected chi connectivity index (χ4v) is 2.70. The lowest BCUT2D eigenvalue weighted by molar-refractivity contribution is 0.623. The van der Waals surface area contributed by atoms with Crippen LogP contribution in [-0.2, 0) is 6.54 Å². The van der Waals surface area contributed by atoms with E-state index in [-0.39, 0.29) is 10.8 Å². The number of hydrogen-bond acceptors (Lipinski definition) is 2. The van der Waals surface area contributed by atoms with Gasteiger partial charge in [-0.2, -0.15) is 0 Å². The van der Waals surface area contributed by atoms with Crippen molar-refractivity contribution in [3.63, 3.8) is 0 Å². The van der Waals surface area contributed by atoms with E-state index < -0.39 is 0 Å². The van der Waals surface area contributed by atoms with Crippen molar-refractivity contribution in [3.8, 4) is 0 Å². The number of nitrogens with zero attached hydrogens (tertiary/aromatic N) is 2. The van der Waals surface area contributed by atoms with Gasteiger partial charge in [0.1, 0.15) is 16.6 Å². The normalized spacial score (nSPS) is 11.0. The Morgan fingerprint density at radius 2 is 2.05 bits per heavy atom. The molecule has 2 N–H and O–H groups in total. The van der Waals surface area contributed by atoms with Crippen LogP contribution in [0.1, 0.15) is 17.0 Å². The van der Waals surface area contributed by atoms with E-state index in [4.69, 9.17) is 18.0 Å². The van der Waals surface area contributed by atoms with Gasteiger partial charge in [0.05, 0.1) is 17.6 Å². The molecule has 0 aliphatic heterocycles. The summed E-state index contributed by atoms with van der Waals surface area (Å²) in [6.07, 6.45) is 0. The zero-order valence-electron chi connectivity index (χ0n) is 11.5. The van der Waals surface area contributed by atoms with Crippen molar-refractivity contribution in [2.45, 2.75) is 13.5 Å². The van der Waals surface area contributed by atoms with Gasteiger partial charge in [0.25, 0.3) is 0 Å². The Bertz CT molecular complexity index is 839. The molecule has 0 bridgehead atoms. The standard InChI is InChI=1S/C16H14FN3S/c1-10-19-14-4-2-3-5-15(14)20(10)9-11-8-12(17)6-7-13(11)16(18)21/h2-8H,9H2,1H3,(H2,18,21). The molecular formula is C16H14FN3S. The number of hydrogen-bond donors (Lipinski definition) is 1. The van der Waals surface area contributed by atoms with Crippen molar-refractivity contribution in [2.75, 3.05) is 0 Å². The summed E-state index contributed by atoms with van der Waals surface area (Å²) in [5.74, 6) is 0.571. The van der Waals surface area contributed by atoms with E-state index in [0.717, 1.165) is 22.4 Å². The summed E-state index contributed by atoms with van der Waals surface area (Å²) in [6, 6.07) is 12.3. The van der Waals surface area contributed by atoms with E-state index in [1.165, 1.54) is 12.1 Å². The lowest BCUT2D eigenvalue weighted by atomic mass is 10.1. The maximum absolute atomic E-state index is 13.5. The first-order valence-corrected chi connectivity index (χ1v) is 6.97. The molecule has 0 unspecified atom stereocenters. The summed E-state index contributed by atoms with van der Waals surface area (Å²) in [4.78, 5) is 4.78. The van der Waals surface area contributed by atoms with E-state index in [1.54, 1.807) is 6.07 Å². The third kappa shape index (κ3) is 2.52. The molecule has 5 heteroatoms. The molecule has 0 amide bonds. The number of para-hydroxylation sites is 2. The van der Waals surface area contributed by atoms with Crippen LogP contribution < -0.4 is 5.73 Å². The minimum Gasteiger partial charge on any atom is -0.389 e. The molecule has 0 atom stereocenters. The van der Waals surface area contributed by atoms with Crippen LogP contribution in [0.3, 0.4) is 0 Å². The number of thiocarbonyl (C=S) groups is 1. The molecule has 0 saturated heterocycles. The molecule has 1 heterocycles. The van der Waals surface area contributed by atoms with E-state index in [1.807, 2.05) is 35.8 Å². The topological polar surface area (TPSA) is 43.8 Å². The Labute approximate surface area is 127 Å². The average Bonchev–Trinajstić information content (AvgIpc) is 2.75. The number of aryl methyl sites for hydroxylation is 1. The van der Waals surface area contributed by atoms with Gasteiger partial charge in [-0.3, -0.25) is 0 Å². The fourth-order valence-electron chi connectivity index (χ4n) is 2.50. The van der Waals surface area contributed by atoms with Gasteiger partial charge in [0, 0.05) is 5.56 Å². The molecule has 0 spiro atoms. The van der Waals surface area contributed by atoms with Crippen LogP contribution in [0.25, 0.3) is 11.0 Å². The van der Waals surface area contributed by atoms with Crippen molar-refractivity contribution in [1.82, 2.24) is 9.55 Å². The van der Waals surface area contributed by atoms with E-state index in [0.29, 0.717) is 12.1 Å². The summed E-state index contributed by atoms with van der Waals surface area (Å²) < 4.78 is 15.6. The third-order valence-electron chi connectivity index (χ3n) is 3.51. The van der Waals surface area contributed by atoms with E-state index in [9.17, 15) is 4.39 Å². The lowest BCUT2D eigenvalue weighted by Crippen LogP contribution is -2.14. The number of imidazole rings is 1. The van der Waals surface area contributed by atoms with Gasteiger partial charge >= 0.3 is 0 Å². The Kier molecular flexibility index (Phi) is 3.43. The molecule has 1 aromatic heterocycles. The van der Waals surface area contributed by atoms with Crippen LogP contribution >= 0.6 is 12.2 Å². The molecule has 0 aliphatic rings. The molecule has 0 aliphatic carbocycles. The van der Waals surface area contributed by atoms with E-state index in [2.05, 4.69) is 4.98 Å². The van der Waals surface area contributed by atoms with Crippen molar-refractivity contribution in [3.05, 3.63) is 65.2 Å². The first-order chi connectivity index (χ1) is 10.1. The number of fused-ring (bicyclic) bond motifs is 1. The van der Waals surface area contributed by atoms with Crippen LogP contribution in [0, 0.1) is 12.7 Å².